The zero-order valence-electron chi connectivity index (χ0n) is 14.3. The van der Waals surface area contributed by atoms with Gasteiger partial charge in [-0.25, -0.2) is 4.98 Å². The highest BCUT2D eigenvalue weighted by atomic mass is 15.2. The lowest BCUT2D eigenvalue weighted by atomic mass is 10.2. The van der Waals surface area contributed by atoms with E-state index < -0.39 is 0 Å². The summed E-state index contributed by atoms with van der Waals surface area (Å²) in [5.41, 5.74) is 2.15. The molecule has 0 saturated carbocycles. The Kier molecular flexibility index (Phi) is 4.43. The fourth-order valence-electron chi connectivity index (χ4n) is 3.29. The van der Waals surface area contributed by atoms with Crippen molar-refractivity contribution < 1.29 is 0 Å². The summed E-state index contributed by atoms with van der Waals surface area (Å²) in [5, 5.41) is 12.1. The number of nitrogens with zero attached hydrogens (tertiary/aromatic N) is 5. The summed E-state index contributed by atoms with van der Waals surface area (Å²) >= 11 is 0. The van der Waals surface area contributed by atoms with E-state index in [2.05, 4.69) is 55.7 Å². The van der Waals surface area contributed by atoms with Gasteiger partial charge in [-0.05, 0) is 24.1 Å². The number of aryl methyl sites for hydroxylation is 1. The smallest absolute Gasteiger partial charge is 0.160 e. The van der Waals surface area contributed by atoms with Crippen molar-refractivity contribution in [2.75, 3.05) is 18.4 Å². The number of nitrogens with one attached hydrogen (secondary N) is 1. The third-order valence-electron chi connectivity index (χ3n) is 4.59. The molecule has 1 saturated heterocycles. The van der Waals surface area contributed by atoms with E-state index in [-0.39, 0.29) is 0 Å². The molecule has 1 N–H and O–H groups in total. The van der Waals surface area contributed by atoms with Gasteiger partial charge in [0.1, 0.15) is 11.5 Å². The minimum atomic E-state index is 0.414. The van der Waals surface area contributed by atoms with Crippen LogP contribution >= 0.6 is 0 Å². The van der Waals surface area contributed by atoms with Gasteiger partial charge >= 0.3 is 0 Å². The normalized spacial score (nSPS) is 17.7. The van der Waals surface area contributed by atoms with Crippen LogP contribution in [0.4, 0.5) is 5.82 Å². The van der Waals surface area contributed by atoms with Gasteiger partial charge in [0.2, 0.25) is 0 Å². The molecule has 3 aromatic rings. The first-order valence-corrected chi connectivity index (χ1v) is 8.62. The van der Waals surface area contributed by atoms with Crippen LogP contribution in [0.15, 0.2) is 54.9 Å². The topological polar surface area (TPSA) is 58.9 Å². The first kappa shape index (κ1) is 15.8. The van der Waals surface area contributed by atoms with Gasteiger partial charge < -0.3 is 9.88 Å². The third kappa shape index (κ3) is 3.69. The third-order valence-corrected chi connectivity index (χ3v) is 4.59. The lowest BCUT2D eigenvalue weighted by molar-refractivity contribution is 0.328. The molecular weight excluding hydrogens is 312 g/mol. The number of imidazole rings is 1. The molecule has 1 aliphatic rings. The van der Waals surface area contributed by atoms with E-state index in [9.17, 15) is 0 Å². The van der Waals surface area contributed by atoms with Crippen LogP contribution in [0.3, 0.4) is 0 Å². The van der Waals surface area contributed by atoms with E-state index in [1.807, 2.05) is 29.9 Å². The van der Waals surface area contributed by atoms with Crippen LogP contribution < -0.4 is 5.32 Å². The minimum absolute atomic E-state index is 0.414. The number of aromatic nitrogens is 4. The summed E-state index contributed by atoms with van der Waals surface area (Å²) in [6.07, 6.45) is 4.79. The summed E-state index contributed by atoms with van der Waals surface area (Å²) in [7, 11) is 1.95. The van der Waals surface area contributed by atoms with Crippen molar-refractivity contribution in [3.63, 3.8) is 0 Å². The molecule has 6 nitrogen and oxygen atoms in total. The molecule has 2 aromatic heterocycles. The highest BCUT2D eigenvalue weighted by Crippen LogP contribution is 2.18. The first-order chi connectivity index (χ1) is 12.3. The van der Waals surface area contributed by atoms with Crippen molar-refractivity contribution in [1.29, 1.82) is 0 Å². The van der Waals surface area contributed by atoms with Crippen LogP contribution in [-0.4, -0.2) is 43.8 Å². The summed E-state index contributed by atoms with van der Waals surface area (Å²) in [4.78, 5) is 6.78. The molecule has 4 rings (SSSR count). The van der Waals surface area contributed by atoms with Crippen molar-refractivity contribution in [1.82, 2.24) is 24.6 Å². The van der Waals surface area contributed by atoms with Crippen molar-refractivity contribution in [2.24, 2.45) is 7.05 Å². The van der Waals surface area contributed by atoms with Gasteiger partial charge in [-0.2, -0.15) is 0 Å². The Hall–Kier alpha value is -2.73. The molecule has 6 heteroatoms. The van der Waals surface area contributed by atoms with E-state index in [1.165, 1.54) is 5.56 Å². The van der Waals surface area contributed by atoms with Gasteiger partial charge in [-0.3, -0.25) is 4.90 Å². The van der Waals surface area contributed by atoms with Gasteiger partial charge in [-0.15, -0.1) is 10.2 Å². The van der Waals surface area contributed by atoms with Crippen molar-refractivity contribution in [3.8, 4) is 11.5 Å². The van der Waals surface area contributed by atoms with E-state index >= 15 is 0 Å². The Morgan fingerprint density at radius 3 is 2.72 bits per heavy atom. The Balaban J connectivity index is 1.34. The van der Waals surface area contributed by atoms with Gasteiger partial charge in [0.25, 0.3) is 0 Å². The molecule has 0 unspecified atom stereocenters. The largest absolute Gasteiger partial charge is 0.365 e. The second-order valence-electron chi connectivity index (χ2n) is 6.52. The molecule has 25 heavy (non-hydrogen) atoms. The van der Waals surface area contributed by atoms with Crippen LogP contribution in [0.5, 0.6) is 0 Å². The number of anilines is 1. The molecule has 0 radical (unpaired) electrons. The standard InChI is InChI=1S/C19H22N6/c1-24-12-10-20-19(24)17-7-8-18(23-22-17)21-16-9-11-25(14-16)13-15-5-3-2-4-6-15/h2-8,10,12,16H,9,11,13-14H2,1H3,(H,21,23)/t16-/m0/s1. The van der Waals surface area contributed by atoms with Gasteiger partial charge in [-0.1, -0.05) is 30.3 Å². The molecule has 0 aliphatic carbocycles. The predicted octanol–water partition coefficient (Wildman–Crippen LogP) is 2.56. The highest BCUT2D eigenvalue weighted by Gasteiger charge is 2.22. The predicted molar refractivity (Wildman–Crippen MR) is 98.0 cm³/mol. The number of likely N-dealkylation sites (tertiary alicyclic amines) is 1. The van der Waals surface area contributed by atoms with Gasteiger partial charge in [0.15, 0.2) is 5.82 Å². The average molecular weight is 334 g/mol. The quantitative estimate of drug-likeness (QED) is 0.777. The van der Waals surface area contributed by atoms with Crippen molar-refractivity contribution >= 4 is 5.82 Å². The van der Waals surface area contributed by atoms with Crippen LogP contribution in [0.25, 0.3) is 11.5 Å². The molecule has 128 valence electrons. The molecule has 1 fully saturated rings. The van der Waals surface area contributed by atoms with Crippen molar-refractivity contribution in [2.45, 2.75) is 19.0 Å². The van der Waals surface area contributed by atoms with Crippen LogP contribution in [0.2, 0.25) is 0 Å². The fraction of sp³-hybridized carbons (Fsp3) is 0.316. The fourth-order valence-corrected chi connectivity index (χ4v) is 3.29. The maximum Gasteiger partial charge on any atom is 0.160 e. The number of rotatable bonds is 5. The maximum atomic E-state index is 4.32. The van der Waals surface area contributed by atoms with E-state index in [0.717, 1.165) is 43.4 Å². The zero-order valence-corrected chi connectivity index (χ0v) is 14.3. The summed E-state index contributed by atoms with van der Waals surface area (Å²) in [6.45, 7) is 3.13. The Bertz CT molecular complexity index is 811. The van der Waals surface area contributed by atoms with E-state index in [4.69, 9.17) is 0 Å². The molecular formula is C19H22N6. The molecule has 3 heterocycles. The lowest BCUT2D eigenvalue weighted by Crippen LogP contribution is -2.26. The monoisotopic (exact) mass is 334 g/mol. The van der Waals surface area contributed by atoms with Crippen molar-refractivity contribution in [3.05, 3.63) is 60.4 Å². The van der Waals surface area contributed by atoms with E-state index in [0.29, 0.717) is 6.04 Å². The number of benzene rings is 1. The van der Waals surface area contributed by atoms with Gasteiger partial charge in [0.05, 0.1) is 0 Å². The molecule has 1 atom stereocenters. The Morgan fingerprint density at radius 1 is 1.12 bits per heavy atom. The first-order valence-electron chi connectivity index (χ1n) is 8.62. The lowest BCUT2D eigenvalue weighted by Gasteiger charge is -2.17. The minimum Gasteiger partial charge on any atom is -0.365 e. The molecule has 1 aliphatic heterocycles. The van der Waals surface area contributed by atoms with Gasteiger partial charge in [0, 0.05) is 45.1 Å². The van der Waals surface area contributed by atoms with Crippen LogP contribution in [-0.2, 0) is 13.6 Å². The Labute approximate surface area is 147 Å². The summed E-state index contributed by atoms with van der Waals surface area (Å²) < 4.78 is 1.94. The average Bonchev–Trinajstić information content (AvgIpc) is 3.26. The number of hydrogen-bond acceptors (Lipinski definition) is 5. The SMILES string of the molecule is Cn1ccnc1-c1ccc(N[C@H]2CCN(Cc3ccccc3)C2)nn1. The van der Waals surface area contributed by atoms with Crippen LogP contribution in [0.1, 0.15) is 12.0 Å². The molecule has 0 spiro atoms. The summed E-state index contributed by atoms with van der Waals surface area (Å²) in [5.74, 6) is 1.65. The second kappa shape index (κ2) is 7.03. The van der Waals surface area contributed by atoms with E-state index in [1.54, 1.807) is 6.20 Å². The highest BCUT2D eigenvalue weighted by molar-refractivity contribution is 5.51. The summed E-state index contributed by atoms with van der Waals surface area (Å²) in [6, 6.07) is 15.0. The zero-order chi connectivity index (χ0) is 17.1. The second-order valence-corrected chi connectivity index (χ2v) is 6.52. The Morgan fingerprint density at radius 2 is 2.00 bits per heavy atom. The molecule has 0 bridgehead atoms. The maximum absolute atomic E-state index is 4.32. The number of hydrogen-bond donors (Lipinski definition) is 1. The molecule has 1 aromatic carbocycles. The van der Waals surface area contributed by atoms with Crippen LogP contribution in [0, 0.1) is 0 Å². The molecule has 0 amide bonds.